The van der Waals surface area contributed by atoms with Crippen LogP contribution in [0.5, 0.6) is 0 Å². The molecule has 0 aliphatic carbocycles. The number of rotatable bonds is 6. The predicted molar refractivity (Wildman–Crippen MR) is 80.7 cm³/mol. The third kappa shape index (κ3) is 3.33. The molecule has 0 aliphatic rings. The van der Waals surface area contributed by atoms with Gasteiger partial charge in [-0.1, -0.05) is 19.1 Å². The molecule has 0 atom stereocenters. The number of nitrogens with zero attached hydrogens (tertiary/aromatic N) is 4. The normalized spacial score (nSPS) is 10.6. The van der Waals surface area contributed by atoms with E-state index in [4.69, 9.17) is 0 Å². The minimum absolute atomic E-state index is 0.0241. The lowest BCUT2D eigenvalue weighted by Crippen LogP contribution is -2.45. The molecule has 0 saturated carbocycles. The van der Waals surface area contributed by atoms with E-state index in [-0.39, 0.29) is 22.9 Å². The van der Waals surface area contributed by atoms with E-state index in [1.807, 2.05) is 6.92 Å². The van der Waals surface area contributed by atoms with Gasteiger partial charge < -0.3 is 15.3 Å². The largest absolute Gasteiger partial charge is 0.739 e. The fourth-order valence-corrected chi connectivity index (χ4v) is 2.20. The van der Waals surface area contributed by atoms with E-state index in [1.54, 1.807) is 23.1 Å². The first kappa shape index (κ1) is 15.7. The highest BCUT2D eigenvalue weighted by atomic mass is 16.5. The molecule has 0 aliphatic heterocycles. The number of fused-ring (bicyclic) bond motifs is 1. The van der Waals surface area contributed by atoms with Gasteiger partial charge in [0.05, 0.1) is 13.1 Å². The van der Waals surface area contributed by atoms with Gasteiger partial charge in [-0.15, -0.1) is 0 Å². The monoisotopic (exact) mass is 305 g/mol. The molecule has 0 saturated heterocycles. The molecule has 0 unspecified atom stereocenters. The van der Waals surface area contributed by atoms with Crippen molar-refractivity contribution in [2.45, 2.75) is 20.3 Å². The minimum atomic E-state index is -0.0753. The second-order valence-corrected chi connectivity index (χ2v) is 4.91. The summed E-state index contributed by atoms with van der Waals surface area (Å²) in [6, 6.07) is 6.44. The van der Waals surface area contributed by atoms with Crippen LogP contribution in [-0.2, 0) is 4.79 Å². The topological polar surface area (TPSA) is 99.1 Å². The molecule has 0 bridgehead atoms. The smallest absolute Gasteiger partial charge is 0.461 e. The maximum Gasteiger partial charge on any atom is 0.461 e. The maximum absolute atomic E-state index is 12.2. The van der Waals surface area contributed by atoms with Crippen LogP contribution in [0.25, 0.3) is 11.0 Å². The van der Waals surface area contributed by atoms with Crippen molar-refractivity contribution >= 4 is 22.9 Å². The Morgan fingerprint density at radius 3 is 2.59 bits per heavy atom. The van der Waals surface area contributed by atoms with Gasteiger partial charge in [0.25, 0.3) is 5.52 Å². The number of carbonyl (C=O) groups excluding carboxylic acids is 1. The van der Waals surface area contributed by atoms with Crippen molar-refractivity contribution < 1.29 is 14.4 Å². The van der Waals surface area contributed by atoms with Gasteiger partial charge in [-0.25, -0.2) is 4.73 Å². The fraction of sp³-hybridized carbons (Fsp3) is 0.429. The number of aromatic nitrogens is 3. The predicted octanol–water partition coefficient (Wildman–Crippen LogP) is 0.172. The molecule has 0 spiro atoms. The SMILES string of the molecule is CCCN(CCNc1n[n+]([O-])c2ccccc2[n+]1[O-])C(C)=O. The van der Waals surface area contributed by atoms with Gasteiger partial charge in [0.2, 0.25) is 11.0 Å². The summed E-state index contributed by atoms with van der Waals surface area (Å²) < 4.78 is 0.585. The minimum Gasteiger partial charge on any atom is -0.739 e. The van der Waals surface area contributed by atoms with Gasteiger partial charge in [-0.2, -0.15) is 0 Å². The van der Waals surface area contributed by atoms with E-state index in [9.17, 15) is 15.2 Å². The van der Waals surface area contributed by atoms with Crippen LogP contribution in [0.1, 0.15) is 20.3 Å². The van der Waals surface area contributed by atoms with Crippen LogP contribution in [0, 0.1) is 10.4 Å². The summed E-state index contributed by atoms with van der Waals surface area (Å²) in [4.78, 5) is 13.5. The van der Waals surface area contributed by atoms with Gasteiger partial charge in [0.1, 0.15) is 0 Å². The van der Waals surface area contributed by atoms with Crippen molar-refractivity contribution in [2.75, 3.05) is 25.0 Å². The molecule has 1 aromatic carbocycles. The molecule has 2 aromatic rings. The third-order valence-electron chi connectivity index (χ3n) is 3.29. The number of hydrogen-bond acceptors (Lipinski definition) is 5. The number of anilines is 1. The lowest BCUT2D eigenvalue weighted by Gasteiger charge is -2.19. The second kappa shape index (κ2) is 6.88. The Morgan fingerprint density at radius 1 is 1.27 bits per heavy atom. The maximum atomic E-state index is 12.2. The lowest BCUT2D eigenvalue weighted by molar-refractivity contribution is -0.672. The number of nitrogens with one attached hydrogen (secondary N) is 1. The molecule has 1 N–H and O–H groups in total. The Hall–Kier alpha value is -2.64. The molecule has 1 heterocycles. The molecule has 8 heteroatoms. The highest BCUT2D eigenvalue weighted by Crippen LogP contribution is 2.05. The summed E-state index contributed by atoms with van der Waals surface area (Å²) in [5.74, 6) is -0.0993. The van der Waals surface area contributed by atoms with E-state index in [0.29, 0.717) is 29.2 Å². The standard InChI is InChI=1S/C14H19N5O3/c1-3-9-17(11(2)20)10-8-15-14-16-19(22)13-7-5-4-6-12(13)18(14)21/h4-7H,3,8-10H2,1-2H3,(H,15,16). The Bertz CT molecular complexity index is 677. The van der Waals surface area contributed by atoms with Crippen LogP contribution < -0.4 is 14.9 Å². The number of para-hydroxylation sites is 2. The van der Waals surface area contributed by atoms with E-state index < -0.39 is 0 Å². The van der Waals surface area contributed by atoms with E-state index in [1.165, 1.54) is 13.0 Å². The van der Waals surface area contributed by atoms with Crippen molar-refractivity contribution in [2.24, 2.45) is 0 Å². The summed E-state index contributed by atoms with van der Waals surface area (Å²) in [6.07, 6.45) is 0.857. The van der Waals surface area contributed by atoms with Gasteiger partial charge in [0.15, 0.2) is 5.52 Å². The number of carbonyl (C=O) groups is 1. The van der Waals surface area contributed by atoms with Crippen molar-refractivity contribution in [3.05, 3.63) is 34.7 Å². The molecule has 1 amide bonds. The average Bonchev–Trinajstić information content (AvgIpc) is 2.51. The molecule has 0 radical (unpaired) electrons. The van der Waals surface area contributed by atoms with Gasteiger partial charge >= 0.3 is 5.95 Å². The van der Waals surface area contributed by atoms with Crippen LogP contribution in [-0.4, -0.2) is 35.5 Å². The van der Waals surface area contributed by atoms with Crippen molar-refractivity contribution in [1.82, 2.24) is 10.00 Å². The fourth-order valence-electron chi connectivity index (χ4n) is 2.20. The molecule has 0 fully saturated rings. The van der Waals surface area contributed by atoms with Crippen molar-refractivity contribution in [3.63, 3.8) is 0 Å². The Morgan fingerprint density at radius 2 is 1.95 bits per heavy atom. The quantitative estimate of drug-likeness (QED) is 0.606. The summed E-state index contributed by atoms with van der Waals surface area (Å²) >= 11 is 0. The Kier molecular flexibility index (Phi) is 4.92. The summed E-state index contributed by atoms with van der Waals surface area (Å²) in [5.41, 5.74) is 0.450. The molecule has 2 rings (SSSR count). The van der Waals surface area contributed by atoms with Gasteiger partial charge in [-0.05, 0) is 12.5 Å². The van der Waals surface area contributed by atoms with Crippen LogP contribution in [0.2, 0.25) is 0 Å². The number of benzene rings is 1. The number of hydrogen-bond donors (Lipinski definition) is 1. The average molecular weight is 305 g/mol. The lowest BCUT2D eigenvalue weighted by atomic mass is 10.3. The van der Waals surface area contributed by atoms with Crippen LogP contribution in [0.4, 0.5) is 5.95 Å². The molecular formula is C14H19N5O3. The van der Waals surface area contributed by atoms with Gasteiger partial charge in [-0.3, -0.25) is 10.1 Å². The number of amides is 1. The van der Waals surface area contributed by atoms with Crippen LogP contribution >= 0.6 is 0 Å². The zero-order valence-corrected chi connectivity index (χ0v) is 12.7. The van der Waals surface area contributed by atoms with E-state index >= 15 is 0 Å². The Balaban J connectivity index is 2.12. The van der Waals surface area contributed by atoms with Crippen molar-refractivity contribution in [1.29, 1.82) is 0 Å². The van der Waals surface area contributed by atoms with Crippen LogP contribution in [0.15, 0.2) is 24.3 Å². The highest BCUT2D eigenvalue weighted by molar-refractivity contribution is 5.73. The second-order valence-electron chi connectivity index (χ2n) is 4.91. The first-order valence-electron chi connectivity index (χ1n) is 7.16. The van der Waals surface area contributed by atoms with E-state index in [0.717, 1.165) is 6.42 Å². The van der Waals surface area contributed by atoms with E-state index in [2.05, 4.69) is 10.4 Å². The summed E-state index contributed by atoms with van der Waals surface area (Å²) in [6.45, 7) is 4.92. The first-order chi connectivity index (χ1) is 10.5. The van der Waals surface area contributed by atoms with Crippen molar-refractivity contribution in [3.8, 4) is 0 Å². The zero-order chi connectivity index (χ0) is 16.1. The molecule has 1 aromatic heterocycles. The Labute approximate surface area is 128 Å². The molecule has 8 nitrogen and oxygen atoms in total. The molecular weight excluding hydrogens is 286 g/mol. The first-order valence-corrected chi connectivity index (χ1v) is 7.16. The summed E-state index contributed by atoms with van der Waals surface area (Å²) in [5, 5.41) is 30.5. The van der Waals surface area contributed by atoms with Crippen LogP contribution in [0.3, 0.4) is 0 Å². The van der Waals surface area contributed by atoms with Gasteiger partial charge in [0, 0.05) is 24.4 Å². The molecule has 22 heavy (non-hydrogen) atoms. The summed E-state index contributed by atoms with van der Waals surface area (Å²) in [7, 11) is 0. The highest BCUT2D eigenvalue weighted by Gasteiger charge is 2.19. The zero-order valence-electron chi connectivity index (χ0n) is 12.7. The third-order valence-corrected chi connectivity index (χ3v) is 3.29. The molecule has 118 valence electrons.